The number of carbonyl (C=O) groups is 1. The summed E-state index contributed by atoms with van der Waals surface area (Å²) in [4.78, 5) is 22.8. The number of nitro groups is 1. The molecule has 142 valence electrons. The summed E-state index contributed by atoms with van der Waals surface area (Å²) in [5.41, 5.74) is 1.06. The molecule has 0 aromatic heterocycles. The summed E-state index contributed by atoms with van der Waals surface area (Å²) in [6.45, 7) is 0. The molecule has 0 heterocycles. The van der Waals surface area contributed by atoms with Gasteiger partial charge in [0, 0.05) is 12.1 Å². The van der Waals surface area contributed by atoms with Gasteiger partial charge in [0.2, 0.25) is 5.91 Å². The van der Waals surface area contributed by atoms with Gasteiger partial charge in [0.25, 0.3) is 5.69 Å². The molecule has 1 amide bonds. The van der Waals surface area contributed by atoms with Crippen LogP contribution in [0.4, 0.5) is 11.4 Å². The van der Waals surface area contributed by atoms with E-state index >= 15 is 0 Å². The number of hydrogen-bond acceptors (Lipinski definition) is 5. The third-order valence-electron chi connectivity index (χ3n) is 4.13. The number of thiocarbonyl (C=S) groups is 1. The Hall–Kier alpha value is -3.52. The zero-order chi connectivity index (χ0) is 20.1. The van der Waals surface area contributed by atoms with E-state index in [0.717, 1.165) is 16.3 Å². The molecular formula is C20H17N3O4S. The molecule has 0 aliphatic heterocycles. The zero-order valence-corrected chi connectivity index (χ0v) is 15.8. The first-order chi connectivity index (χ1) is 13.5. The minimum absolute atomic E-state index is 0.0315. The van der Waals surface area contributed by atoms with Crippen LogP contribution in [0.25, 0.3) is 10.8 Å². The number of fused-ring (bicyclic) bond motifs is 1. The fourth-order valence-corrected chi connectivity index (χ4v) is 3.08. The lowest BCUT2D eigenvalue weighted by Gasteiger charge is -2.13. The molecule has 0 atom stereocenters. The summed E-state index contributed by atoms with van der Waals surface area (Å²) in [5.74, 6) is 0.0782. The summed E-state index contributed by atoms with van der Waals surface area (Å²) in [5, 5.41) is 18.4. The average Bonchev–Trinajstić information content (AvgIpc) is 2.68. The number of amides is 1. The van der Waals surface area contributed by atoms with Gasteiger partial charge < -0.3 is 15.4 Å². The molecule has 0 bridgehead atoms. The van der Waals surface area contributed by atoms with E-state index in [0.29, 0.717) is 11.4 Å². The lowest BCUT2D eigenvalue weighted by Crippen LogP contribution is -2.35. The molecule has 0 aliphatic rings. The SMILES string of the molecule is COc1ccc([N+](=O)[O-])cc1NC(=S)NC(=O)Cc1cccc2ccccc12. The number of non-ortho nitro benzene ring substituents is 1. The monoisotopic (exact) mass is 395 g/mol. The second-order valence-corrected chi connectivity index (χ2v) is 6.37. The zero-order valence-electron chi connectivity index (χ0n) is 15.0. The number of carbonyl (C=O) groups excluding carboxylic acids is 1. The van der Waals surface area contributed by atoms with E-state index < -0.39 is 4.92 Å². The van der Waals surface area contributed by atoms with Crippen LogP contribution in [0.2, 0.25) is 0 Å². The predicted molar refractivity (Wildman–Crippen MR) is 112 cm³/mol. The van der Waals surface area contributed by atoms with E-state index in [2.05, 4.69) is 10.6 Å². The van der Waals surface area contributed by atoms with Crippen molar-refractivity contribution in [2.24, 2.45) is 0 Å². The number of nitrogens with one attached hydrogen (secondary N) is 2. The summed E-state index contributed by atoms with van der Waals surface area (Å²) in [7, 11) is 1.44. The second kappa shape index (κ2) is 8.45. The Kier molecular flexibility index (Phi) is 5.81. The van der Waals surface area contributed by atoms with Crippen LogP contribution in [0, 0.1) is 10.1 Å². The van der Waals surface area contributed by atoms with Crippen LogP contribution in [0.15, 0.2) is 60.7 Å². The summed E-state index contributed by atoms with van der Waals surface area (Å²) in [6.07, 6.45) is 0.148. The molecule has 7 nitrogen and oxygen atoms in total. The van der Waals surface area contributed by atoms with Crippen molar-refractivity contribution in [2.45, 2.75) is 6.42 Å². The van der Waals surface area contributed by atoms with E-state index in [1.165, 1.54) is 25.3 Å². The summed E-state index contributed by atoms with van der Waals surface area (Å²) < 4.78 is 5.17. The number of nitro benzene ring substituents is 1. The maximum atomic E-state index is 12.4. The molecule has 0 fully saturated rings. The predicted octanol–water partition coefficient (Wildman–Crippen LogP) is 3.81. The van der Waals surface area contributed by atoms with Gasteiger partial charge in [-0.2, -0.15) is 0 Å². The van der Waals surface area contributed by atoms with Crippen molar-refractivity contribution in [2.75, 3.05) is 12.4 Å². The molecule has 0 unspecified atom stereocenters. The molecule has 0 aliphatic carbocycles. The quantitative estimate of drug-likeness (QED) is 0.388. The van der Waals surface area contributed by atoms with E-state index in [4.69, 9.17) is 17.0 Å². The Morgan fingerprint density at radius 1 is 1.14 bits per heavy atom. The van der Waals surface area contributed by atoms with Gasteiger partial charge in [-0.15, -0.1) is 0 Å². The van der Waals surface area contributed by atoms with E-state index in [-0.39, 0.29) is 23.1 Å². The molecule has 3 rings (SSSR count). The lowest BCUT2D eigenvalue weighted by atomic mass is 10.0. The highest BCUT2D eigenvalue weighted by Crippen LogP contribution is 2.28. The highest BCUT2D eigenvalue weighted by Gasteiger charge is 2.14. The Balaban J connectivity index is 1.70. The first-order valence-corrected chi connectivity index (χ1v) is 8.78. The van der Waals surface area contributed by atoms with Crippen molar-refractivity contribution >= 4 is 45.4 Å². The number of ether oxygens (including phenoxy) is 1. The molecular weight excluding hydrogens is 378 g/mol. The number of benzene rings is 3. The maximum absolute atomic E-state index is 12.4. The van der Waals surface area contributed by atoms with Crippen molar-refractivity contribution in [3.05, 3.63) is 76.3 Å². The summed E-state index contributed by atoms with van der Waals surface area (Å²) >= 11 is 5.17. The maximum Gasteiger partial charge on any atom is 0.271 e. The van der Waals surface area contributed by atoms with E-state index in [1.54, 1.807) is 0 Å². The standard InChI is InChI=1S/C20H17N3O4S/c1-27-18-10-9-15(23(25)26)12-17(18)21-20(28)22-19(24)11-14-7-4-6-13-5-2-3-8-16(13)14/h2-10,12H,11H2,1H3,(H2,21,22,24,28). The van der Waals surface area contributed by atoms with Gasteiger partial charge in [-0.05, 0) is 34.6 Å². The van der Waals surface area contributed by atoms with Gasteiger partial charge in [-0.1, -0.05) is 42.5 Å². The van der Waals surface area contributed by atoms with E-state index in [1.807, 2.05) is 42.5 Å². The van der Waals surface area contributed by atoms with Gasteiger partial charge in [-0.3, -0.25) is 14.9 Å². The average molecular weight is 395 g/mol. The largest absolute Gasteiger partial charge is 0.495 e. The van der Waals surface area contributed by atoms with Gasteiger partial charge in [-0.25, -0.2) is 0 Å². The molecule has 3 aromatic carbocycles. The topological polar surface area (TPSA) is 93.5 Å². The highest BCUT2D eigenvalue weighted by molar-refractivity contribution is 7.80. The first-order valence-electron chi connectivity index (χ1n) is 8.38. The molecule has 8 heteroatoms. The molecule has 0 saturated heterocycles. The molecule has 2 N–H and O–H groups in total. The Morgan fingerprint density at radius 2 is 1.89 bits per heavy atom. The van der Waals surface area contributed by atoms with Crippen LogP contribution in [0.3, 0.4) is 0 Å². The lowest BCUT2D eigenvalue weighted by molar-refractivity contribution is -0.384. The molecule has 3 aromatic rings. The summed E-state index contributed by atoms with van der Waals surface area (Å²) in [6, 6.07) is 17.7. The smallest absolute Gasteiger partial charge is 0.271 e. The van der Waals surface area contributed by atoms with E-state index in [9.17, 15) is 14.9 Å². The van der Waals surface area contributed by atoms with Crippen molar-refractivity contribution in [1.29, 1.82) is 0 Å². The number of rotatable bonds is 5. The van der Waals surface area contributed by atoms with Crippen molar-refractivity contribution in [3.8, 4) is 5.75 Å². The third kappa shape index (κ3) is 4.41. The number of methoxy groups -OCH3 is 1. The number of nitrogens with zero attached hydrogens (tertiary/aromatic N) is 1. The number of hydrogen-bond donors (Lipinski definition) is 2. The Bertz CT molecular complexity index is 1060. The van der Waals surface area contributed by atoms with Crippen LogP contribution in [0.5, 0.6) is 5.75 Å². The van der Waals surface area contributed by atoms with Gasteiger partial charge in [0.05, 0.1) is 24.1 Å². The minimum Gasteiger partial charge on any atom is -0.495 e. The second-order valence-electron chi connectivity index (χ2n) is 5.96. The van der Waals surface area contributed by atoms with Crippen LogP contribution in [0.1, 0.15) is 5.56 Å². The van der Waals surface area contributed by atoms with Crippen LogP contribution in [-0.2, 0) is 11.2 Å². The molecule has 0 spiro atoms. The minimum atomic E-state index is -0.521. The fraction of sp³-hybridized carbons (Fsp3) is 0.100. The van der Waals surface area contributed by atoms with Gasteiger partial charge in [0.15, 0.2) is 5.11 Å². The fourth-order valence-electron chi connectivity index (χ4n) is 2.85. The van der Waals surface area contributed by atoms with Crippen molar-refractivity contribution < 1.29 is 14.5 Å². The van der Waals surface area contributed by atoms with Crippen LogP contribution in [-0.4, -0.2) is 23.1 Å². The Morgan fingerprint density at radius 3 is 2.64 bits per heavy atom. The third-order valence-corrected chi connectivity index (χ3v) is 4.33. The molecule has 0 saturated carbocycles. The van der Waals surface area contributed by atoms with Crippen LogP contribution < -0.4 is 15.4 Å². The van der Waals surface area contributed by atoms with Gasteiger partial charge >= 0.3 is 0 Å². The van der Waals surface area contributed by atoms with Crippen LogP contribution >= 0.6 is 12.2 Å². The van der Waals surface area contributed by atoms with Gasteiger partial charge in [0.1, 0.15) is 5.75 Å². The normalized spacial score (nSPS) is 10.3. The first kappa shape index (κ1) is 19.2. The number of anilines is 1. The van der Waals surface area contributed by atoms with Crippen molar-refractivity contribution in [1.82, 2.24) is 5.32 Å². The van der Waals surface area contributed by atoms with Crippen molar-refractivity contribution in [3.63, 3.8) is 0 Å². The highest BCUT2D eigenvalue weighted by atomic mass is 32.1. The Labute approximate surface area is 166 Å². The molecule has 28 heavy (non-hydrogen) atoms. The molecule has 0 radical (unpaired) electrons.